The molecule has 0 bridgehead atoms. The van der Waals surface area contributed by atoms with Crippen LogP contribution in [-0.4, -0.2) is 5.78 Å². The average molecular weight is 341 g/mol. The first-order chi connectivity index (χ1) is 10.2. The Bertz CT molecular complexity index is 686. The molecule has 0 heterocycles. The van der Waals surface area contributed by atoms with Crippen LogP contribution in [0.25, 0.3) is 6.08 Å². The van der Waals surface area contributed by atoms with Crippen molar-refractivity contribution in [2.24, 2.45) is 0 Å². The molecule has 0 saturated heterocycles. The Balaban J connectivity index is 1.95. The van der Waals surface area contributed by atoms with Gasteiger partial charge >= 0.3 is 0 Å². The molecule has 0 aromatic heterocycles. The van der Waals surface area contributed by atoms with Gasteiger partial charge in [-0.2, -0.15) is 0 Å². The fourth-order valence-electron chi connectivity index (χ4n) is 2.76. The van der Waals surface area contributed by atoms with E-state index in [1.54, 1.807) is 0 Å². The number of carbonyl (C=O) groups excluding carboxylic acids is 1. The number of halogens is 1. The third kappa shape index (κ3) is 3.51. The van der Waals surface area contributed by atoms with E-state index in [0.29, 0.717) is 12.2 Å². The number of ketones is 1. The molecule has 0 N–H and O–H groups in total. The standard InChI is InChI=1S/C19H17BrO/c20-18-10-9-15(12-16-7-4-8-19(16)21)17(13-18)11-14-5-2-1-3-6-14/h1-3,5-6,9-10,12-13H,4,7-8,11H2/b16-12+. The van der Waals surface area contributed by atoms with Crippen LogP contribution in [0.3, 0.4) is 0 Å². The second-order valence-electron chi connectivity index (χ2n) is 5.45. The molecule has 106 valence electrons. The summed E-state index contributed by atoms with van der Waals surface area (Å²) in [5.74, 6) is 0.309. The highest BCUT2D eigenvalue weighted by atomic mass is 79.9. The SMILES string of the molecule is O=C1CCC/C1=C\c1ccc(Br)cc1Cc1ccccc1. The van der Waals surface area contributed by atoms with Crippen molar-refractivity contribution >= 4 is 27.8 Å². The lowest BCUT2D eigenvalue weighted by molar-refractivity contribution is -0.114. The summed E-state index contributed by atoms with van der Waals surface area (Å²) < 4.78 is 1.08. The summed E-state index contributed by atoms with van der Waals surface area (Å²) in [5.41, 5.74) is 4.68. The molecule has 2 aromatic carbocycles. The number of carbonyl (C=O) groups is 1. The van der Waals surface area contributed by atoms with E-state index in [2.05, 4.69) is 58.4 Å². The molecule has 1 fully saturated rings. The molecule has 0 atom stereocenters. The Kier molecular flexibility index (Phi) is 4.35. The molecule has 0 aliphatic heterocycles. The van der Waals surface area contributed by atoms with Crippen LogP contribution in [0.1, 0.15) is 36.0 Å². The number of Topliss-reactive ketones (excluding diaryl/α,β-unsaturated/α-hetero) is 1. The Morgan fingerprint density at radius 1 is 1.05 bits per heavy atom. The molecule has 2 aromatic rings. The van der Waals surface area contributed by atoms with Gasteiger partial charge in [-0.05, 0) is 59.7 Å². The van der Waals surface area contributed by atoms with E-state index in [0.717, 1.165) is 34.9 Å². The van der Waals surface area contributed by atoms with Crippen LogP contribution >= 0.6 is 15.9 Å². The lowest BCUT2D eigenvalue weighted by atomic mass is 9.98. The molecule has 0 radical (unpaired) electrons. The van der Waals surface area contributed by atoms with E-state index < -0.39 is 0 Å². The van der Waals surface area contributed by atoms with Crippen molar-refractivity contribution in [3.63, 3.8) is 0 Å². The first-order valence-corrected chi connectivity index (χ1v) is 8.08. The van der Waals surface area contributed by atoms with E-state index in [4.69, 9.17) is 0 Å². The Morgan fingerprint density at radius 3 is 2.57 bits per heavy atom. The van der Waals surface area contributed by atoms with Gasteiger partial charge in [0.1, 0.15) is 0 Å². The van der Waals surface area contributed by atoms with Gasteiger partial charge in [-0.3, -0.25) is 4.79 Å². The lowest BCUT2D eigenvalue weighted by Gasteiger charge is -2.08. The zero-order chi connectivity index (χ0) is 14.7. The van der Waals surface area contributed by atoms with Crippen LogP contribution in [0.5, 0.6) is 0 Å². The van der Waals surface area contributed by atoms with Crippen molar-refractivity contribution in [1.29, 1.82) is 0 Å². The summed E-state index contributed by atoms with van der Waals surface area (Å²) >= 11 is 3.55. The smallest absolute Gasteiger partial charge is 0.158 e. The minimum absolute atomic E-state index is 0.309. The van der Waals surface area contributed by atoms with Crippen LogP contribution in [-0.2, 0) is 11.2 Å². The number of hydrogen-bond donors (Lipinski definition) is 0. The molecule has 0 unspecified atom stereocenters. The second kappa shape index (κ2) is 6.40. The summed E-state index contributed by atoms with van der Waals surface area (Å²) in [6.45, 7) is 0. The van der Waals surface area contributed by atoms with Crippen molar-refractivity contribution in [3.05, 3.63) is 75.3 Å². The predicted octanol–water partition coefficient (Wildman–Crippen LogP) is 5.18. The van der Waals surface area contributed by atoms with E-state index in [-0.39, 0.29) is 0 Å². The zero-order valence-corrected chi connectivity index (χ0v) is 13.4. The van der Waals surface area contributed by atoms with E-state index >= 15 is 0 Å². The molecule has 1 aliphatic rings. The zero-order valence-electron chi connectivity index (χ0n) is 11.8. The minimum Gasteiger partial charge on any atom is -0.295 e. The Morgan fingerprint density at radius 2 is 1.86 bits per heavy atom. The van der Waals surface area contributed by atoms with Gasteiger partial charge in [-0.25, -0.2) is 0 Å². The van der Waals surface area contributed by atoms with Gasteiger partial charge in [0.15, 0.2) is 5.78 Å². The van der Waals surface area contributed by atoms with Crippen molar-refractivity contribution < 1.29 is 4.79 Å². The van der Waals surface area contributed by atoms with Crippen LogP contribution in [0.2, 0.25) is 0 Å². The highest BCUT2D eigenvalue weighted by molar-refractivity contribution is 9.10. The van der Waals surface area contributed by atoms with Gasteiger partial charge < -0.3 is 0 Å². The predicted molar refractivity (Wildman–Crippen MR) is 90.2 cm³/mol. The van der Waals surface area contributed by atoms with E-state index in [1.807, 2.05) is 12.1 Å². The maximum absolute atomic E-state index is 11.8. The van der Waals surface area contributed by atoms with Gasteiger partial charge in [-0.15, -0.1) is 0 Å². The quantitative estimate of drug-likeness (QED) is 0.704. The van der Waals surface area contributed by atoms with Crippen molar-refractivity contribution in [2.45, 2.75) is 25.7 Å². The maximum Gasteiger partial charge on any atom is 0.158 e. The summed E-state index contributed by atoms with van der Waals surface area (Å²) in [7, 11) is 0. The van der Waals surface area contributed by atoms with Gasteiger partial charge in [0.25, 0.3) is 0 Å². The molecule has 3 rings (SSSR count). The van der Waals surface area contributed by atoms with Gasteiger partial charge in [0, 0.05) is 10.9 Å². The van der Waals surface area contributed by atoms with E-state index in [1.165, 1.54) is 11.1 Å². The van der Waals surface area contributed by atoms with E-state index in [9.17, 15) is 4.79 Å². The first-order valence-electron chi connectivity index (χ1n) is 7.28. The number of rotatable bonds is 3. The van der Waals surface area contributed by atoms with Crippen molar-refractivity contribution in [2.75, 3.05) is 0 Å². The Labute approximate surface area is 133 Å². The summed E-state index contributed by atoms with van der Waals surface area (Å²) in [4.78, 5) is 11.8. The lowest BCUT2D eigenvalue weighted by Crippen LogP contribution is -1.95. The monoisotopic (exact) mass is 340 g/mol. The largest absolute Gasteiger partial charge is 0.295 e. The second-order valence-corrected chi connectivity index (χ2v) is 6.37. The first kappa shape index (κ1) is 14.3. The molecule has 21 heavy (non-hydrogen) atoms. The minimum atomic E-state index is 0.309. The van der Waals surface area contributed by atoms with Crippen LogP contribution in [0.4, 0.5) is 0 Å². The van der Waals surface area contributed by atoms with Crippen LogP contribution in [0.15, 0.2) is 58.6 Å². The molecule has 2 heteroatoms. The third-order valence-electron chi connectivity index (χ3n) is 3.88. The highest BCUT2D eigenvalue weighted by Crippen LogP contribution is 2.26. The summed E-state index contributed by atoms with van der Waals surface area (Å²) in [5, 5.41) is 0. The molecular formula is C19H17BrO. The van der Waals surface area contributed by atoms with Crippen molar-refractivity contribution in [3.8, 4) is 0 Å². The Hall–Kier alpha value is -1.67. The molecule has 1 aliphatic carbocycles. The number of allylic oxidation sites excluding steroid dienone is 1. The topological polar surface area (TPSA) is 17.1 Å². The fraction of sp³-hybridized carbons (Fsp3) is 0.211. The average Bonchev–Trinajstić information content (AvgIpc) is 2.88. The molecule has 1 nitrogen and oxygen atoms in total. The van der Waals surface area contributed by atoms with Gasteiger partial charge in [0.05, 0.1) is 0 Å². The van der Waals surface area contributed by atoms with Crippen LogP contribution in [0, 0.1) is 0 Å². The summed E-state index contributed by atoms with van der Waals surface area (Å²) in [6, 6.07) is 16.7. The number of hydrogen-bond acceptors (Lipinski definition) is 1. The van der Waals surface area contributed by atoms with Gasteiger partial charge in [-0.1, -0.05) is 52.3 Å². The fourth-order valence-corrected chi connectivity index (χ4v) is 3.17. The highest BCUT2D eigenvalue weighted by Gasteiger charge is 2.17. The molecular weight excluding hydrogens is 324 g/mol. The summed E-state index contributed by atoms with van der Waals surface area (Å²) in [6.07, 6.45) is 5.58. The van der Waals surface area contributed by atoms with Gasteiger partial charge in [0.2, 0.25) is 0 Å². The van der Waals surface area contributed by atoms with Crippen molar-refractivity contribution in [1.82, 2.24) is 0 Å². The molecule has 0 amide bonds. The van der Waals surface area contributed by atoms with Crippen LogP contribution < -0.4 is 0 Å². The molecule has 0 spiro atoms. The maximum atomic E-state index is 11.8. The normalized spacial score (nSPS) is 16.6. The third-order valence-corrected chi connectivity index (χ3v) is 4.37. The number of benzene rings is 2. The molecule has 1 saturated carbocycles.